The van der Waals surface area contributed by atoms with Gasteiger partial charge in [-0.05, 0) is 6.42 Å². The molecule has 31 valence electrons. The molecule has 0 N–H and O–H groups in total. The molecule has 0 aliphatic rings. The third kappa shape index (κ3) is 5.46. The van der Waals surface area contributed by atoms with E-state index in [-0.39, 0.29) is 0 Å². The summed E-state index contributed by atoms with van der Waals surface area (Å²) in [5, 5.41) is 0. The van der Waals surface area contributed by atoms with E-state index in [2.05, 4.69) is 49.6 Å². The molecule has 0 spiro atoms. The van der Waals surface area contributed by atoms with E-state index >= 15 is 0 Å². The van der Waals surface area contributed by atoms with Gasteiger partial charge in [-0.2, -0.15) is 0 Å². The zero-order valence-corrected chi connectivity index (χ0v) is 7.06. The number of rotatable bonds is 2. The van der Waals surface area contributed by atoms with E-state index in [1.807, 2.05) is 0 Å². The fourth-order valence-corrected chi connectivity index (χ4v) is 1.86. The van der Waals surface area contributed by atoms with E-state index < -0.39 is 0 Å². The maximum absolute atomic E-state index is 2.35. The van der Waals surface area contributed by atoms with Crippen molar-refractivity contribution >= 4 is 45.2 Å². The summed E-state index contributed by atoms with van der Waals surface area (Å²) in [5.41, 5.74) is 0. The molecule has 0 amide bonds. The van der Waals surface area contributed by atoms with Gasteiger partial charge < -0.3 is 0 Å². The van der Waals surface area contributed by atoms with Crippen LogP contribution in [0.15, 0.2) is 0 Å². The monoisotopic (exact) mass is 295 g/mol. The first kappa shape index (κ1) is 6.46. The topological polar surface area (TPSA) is 0 Å². The Bertz CT molecular complexity index is 12.4. The van der Waals surface area contributed by atoms with Crippen LogP contribution in [0.25, 0.3) is 0 Å². The average Bonchev–Trinajstić information content (AvgIpc) is 1.41. The third-order valence-electron chi connectivity index (χ3n) is 0.218. The average molecular weight is 295 g/mol. The molecule has 5 heavy (non-hydrogen) atoms. The van der Waals surface area contributed by atoms with Gasteiger partial charge in [-0.3, -0.25) is 0 Å². The Labute approximate surface area is 60.0 Å². The number of halogens is 2. The Morgan fingerprint density at radius 3 is 2.20 bits per heavy atom. The predicted molar refractivity (Wildman–Crippen MR) is 41.8 cm³/mol. The van der Waals surface area contributed by atoms with Crippen LogP contribution in [-0.4, -0.2) is 4.43 Å². The van der Waals surface area contributed by atoms with Crippen molar-refractivity contribution in [3.63, 3.8) is 0 Å². The minimum Gasteiger partial charge on any atom is -0.0863 e. The van der Waals surface area contributed by atoms with Gasteiger partial charge in [-0.15, -0.1) is 0 Å². The second-order valence-electron chi connectivity index (χ2n) is 0.632. The Kier molecular flexibility index (Phi) is 7.05. The van der Waals surface area contributed by atoms with Crippen molar-refractivity contribution in [1.29, 1.82) is 0 Å². The van der Waals surface area contributed by atoms with Crippen molar-refractivity contribution in [2.24, 2.45) is 0 Å². The summed E-state index contributed by atoms with van der Waals surface area (Å²) in [6.07, 6.45) is 1.24. The van der Waals surface area contributed by atoms with Crippen LogP contribution >= 0.6 is 45.2 Å². The molecular formula is C3H5I2. The Morgan fingerprint density at radius 2 is 2.20 bits per heavy atom. The molecule has 0 fully saturated rings. The maximum atomic E-state index is 2.35. The Morgan fingerprint density at radius 1 is 1.60 bits per heavy atom. The largest absolute Gasteiger partial charge is 0.0863 e. The molecule has 0 aromatic rings. The SMILES string of the molecule is I[CH]CCI. The number of hydrogen-bond donors (Lipinski definition) is 0. The molecule has 0 aromatic heterocycles. The van der Waals surface area contributed by atoms with E-state index in [0.717, 1.165) is 0 Å². The molecule has 0 aliphatic carbocycles. The fraction of sp³-hybridized carbons (Fsp3) is 0.667. The molecule has 0 unspecified atom stereocenters. The van der Waals surface area contributed by atoms with Gasteiger partial charge in [-0.25, -0.2) is 0 Å². The van der Waals surface area contributed by atoms with Gasteiger partial charge in [0.05, 0.1) is 0 Å². The molecule has 0 saturated carbocycles. The maximum Gasteiger partial charge on any atom is 0.0235 e. The van der Waals surface area contributed by atoms with Crippen LogP contribution in [0.1, 0.15) is 6.42 Å². The number of alkyl halides is 1. The summed E-state index contributed by atoms with van der Waals surface area (Å²) in [6.45, 7) is 0. The molecule has 2 heteroatoms. The second kappa shape index (κ2) is 5.46. The first-order valence-corrected chi connectivity index (χ1v) is 4.16. The molecule has 1 radical (unpaired) electrons. The number of hydrogen-bond acceptors (Lipinski definition) is 0. The summed E-state index contributed by atoms with van der Waals surface area (Å²) < 4.78 is 3.39. The highest BCUT2D eigenvalue weighted by Crippen LogP contribution is 1.97. The smallest absolute Gasteiger partial charge is 0.0235 e. The van der Waals surface area contributed by atoms with E-state index in [4.69, 9.17) is 0 Å². The molecule has 0 bridgehead atoms. The van der Waals surface area contributed by atoms with Gasteiger partial charge in [0.15, 0.2) is 0 Å². The summed E-state index contributed by atoms with van der Waals surface area (Å²) in [5.74, 6) is 0. The third-order valence-corrected chi connectivity index (χ3v) is 1.46. The van der Waals surface area contributed by atoms with Crippen LogP contribution in [0.5, 0.6) is 0 Å². The highest BCUT2D eigenvalue weighted by molar-refractivity contribution is 14.1. The highest BCUT2D eigenvalue weighted by atomic mass is 127. The molecular weight excluding hydrogens is 290 g/mol. The lowest BCUT2D eigenvalue weighted by Gasteiger charge is -1.75. The van der Waals surface area contributed by atoms with Gasteiger partial charge in [0.1, 0.15) is 0 Å². The Hall–Kier alpha value is 1.46. The zero-order chi connectivity index (χ0) is 4.12. The lowest BCUT2D eigenvalue weighted by molar-refractivity contribution is 1.27. The standard InChI is InChI=1S/C3H5I2/c4-2-1-3-5/h2H,1,3H2. The van der Waals surface area contributed by atoms with Gasteiger partial charge in [0.25, 0.3) is 0 Å². The van der Waals surface area contributed by atoms with E-state index in [0.29, 0.717) is 0 Å². The van der Waals surface area contributed by atoms with Crippen LogP contribution in [0, 0.1) is 4.43 Å². The Balaban J connectivity index is 2.19. The predicted octanol–water partition coefficient (Wildman–Crippen LogP) is 2.41. The van der Waals surface area contributed by atoms with Gasteiger partial charge in [0, 0.05) is 8.86 Å². The van der Waals surface area contributed by atoms with Gasteiger partial charge in [0.2, 0.25) is 0 Å². The van der Waals surface area contributed by atoms with Crippen molar-refractivity contribution in [3.05, 3.63) is 4.43 Å². The van der Waals surface area contributed by atoms with Crippen LogP contribution in [0.2, 0.25) is 0 Å². The van der Waals surface area contributed by atoms with Gasteiger partial charge in [-0.1, -0.05) is 45.2 Å². The molecule has 0 nitrogen and oxygen atoms in total. The summed E-state index contributed by atoms with van der Waals surface area (Å²) in [6, 6.07) is 0. The molecule has 0 aliphatic heterocycles. The first-order valence-electron chi connectivity index (χ1n) is 1.39. The van der Waals surface area contributed by atoms with Crippen LogP contribution in [0.3, 0.4) is 0 Å². The first-order chi connectivity index (χ1) is 2.41. The molecule has 0 heterocycles. The molecule has 0 aromatic carbocycles. The van der Waals surface area contributed by atoms with E-state index in [9.17, 15) is 0 Å². The van der Waals surface area contributed by atoms with Crippen LogP contribution in [0.4, 0.5) is 0 Å². The van der Waals surface area contributed by atoms with Crippen molar-refractivity contribution in [2.45, 2.75) is 6.42 Å². The highest BCUT2D eigenvalue weighted by Gasteiger charge is 1.72. The van der Waals surface area contributed by atoms with Crippen molar-refractivity contribution < 1.29 is 0 Å². The molecule has 0 saturated heterocycles. The van der Waals surface area contributed by atoms with Crippen molar-refractivity contribution in [3.8, 4) is 0 Å². The fourth-order valence-electron chi connectivity index (χ4n) is 0.0412. The molecule has 0 rings (SSSR count). The zero-order valence-electron chi connectivity index (χ0n) is 2.75. The quantitative estimate of drug-likeness (QED) is 0.542. The summed E-state index contributed by atoms with van der Waals surface area (Å²) in [4.78, 5) is 0. The van der Waals surface area contributed by atoms with Crippen LogP contribution < -0.4 is 0 Å². The van der Waals surface area contributed by atoms with E-state index in [1.54, 1.807) is 0 Å². The lowest BCUT2D eigenvalue weighted by atomic mass is 10.6. The minimum absolute atomic E-state index is 1.24. The van der Waals surface area contributed by atoms with Gasteiger partial charge >= 0.3 is 0 Å². The van der Waals surface area contributed by atoms with E-state index in [1.165, 1.54) is 10.8 Å². The van der Waals surface area contributed by atoms with Crippen molar-refractivity contribution in [2.75, 3.05) is 4.43 Å². The van der Waals surface area contributed by atoms with Crippen molar-refractivity contribution in [1.82, 2.24) is 0 Å². The lowest BCUT2D eigenvalue weighted by Crippen LogP contribution is -1.61. The van der Waals surface area contributed by atoms with Crippen LogP contribution in [-0.2, 0) is 0 Å². The summed E-state index contributed by atoms with van der Waals surface area (Å²) >= 11 is 4.61. The summed E-state index contributed by atoms with van der Waals surface area (Å²) in [7, 11) is 0. The second-order valence-corrected chi connectivity index (χ2v) is 2.59. The molecule has 0 atom stereocenters. The normalized spacial score (nSPS) is 8.40. The minimum atomic E-state index is 1.24.